The first-order valence-corrected chi connectivity index (χ1v) is 9.03. The van der Waals surface area contributed by atoms with Crippen molar-refractivity contribution < 1.29 is 17.9 Å². The van der Waals surface area contributed by atoms with Crippen LogP contribution in [-0.4, -0.2) is 30.8 Å². The van der Waals surface area contributed by atoms with Gasteiger partial charge in [-0.3, -0.25) is 9.78 Å². The van der Waals surface area contributed by atoms with Crippen LogP contribution in [0, 0.1) is 5.92 Å². The Bertz CT molecular complexity index is 806. The van der Waals surface area contributed by atoms with E-state index in [4.69, 9.17) is 4.74 Å². The minimum absolute atomic E-state index is 0.0773. The zero-order chi connectivity index (χ0) is 16.3. The molecule has 1 N–H and O–H groups in total. The topological polar surface area (TPSA) is 85.4 Å². The number of rotatable bonds is 4. The number of anilines is 1. The highest BCUT2D eigenvalue weighted by Crippen LogP contribution is 2.25. The van der Waals surface area contributed by atoms with Crippen molar-refractivity contribution in [2.45, 2.75) is 6.42 Å². The van der Waals surface area contributed by atoms with Crippen LogP contribution in [0.5, 0.6) is 11.5 Å². The van der Waals surface area contributed by atoms with Gasteiger partial charge in [-0.25, -0.2) is 8.42 Å². The Morgan fingerprint density at radius 2 is 1.96 bits per heavy atom. The number of hydrogen-bond donors (Lipinski definition) is 1. The summed E-state index contributed by atoms with van der Waals surface area (Å²) in [6, 6.07) is 10.4. The maximum Gasteiger partial charge on any atom is 0.228 e. The van der Waals surface area contributed by atoms with Gasteiger partial charge in [-0.1, -0.05) is 6.07 Å². The molecule has 1 aliphatic heterocycles. The van der Waals surface area contributed by atoms with Crippen molar-refractivity contribution in [2.24, 2.45) is 5.92 Å². The van der Waals surface area contributed by atoms with Gasteiger partial charge in [-0.2, -0.15) is 0 Å². The number of sulfone groups is 1. The standard InChI is InChI=1S/C16H16N2O4S/c19-16(12-6-9-23(20,21)11-12)18-13-2-1-3-15(10-13)22-14-4-7-17-8-5-14/h1-5,7-8,10,12H,6,9,11H2,(H,18,19). The van der Waals surface area contributed by atoms with E-state index in [0.717, 1.165) is 0 Å². The molecule has 1 aliphatic rings. The summed E-state index contributed by atoms with van der Waals surface area (Å²) >= 11 is 0. The van der Waals surface area contributed by atoms with E-state index >= 15 is 0 Å². The average Bonchev–Trinajstić information content (AvgIpc) is 2.89. The van der Waals surface area contributed by atoms with E-state index < -0.39 is 15.8 Å². The molecule has 1 unspecified atom stereocenters. The van der Waals surface area contributed by atoms with E-state index in [0.29, 0.717) is 23.6 Å². The molecule has 2 heterocycles. The van der Waals surface area contributed by atoms with Crippen LogP contribution in [0.3, 0.4) is 0 Å². The second-order valence-electron chi connectivity index (χ2n) is 5.40. The number of carbonyl (C=O) groups is 1. The number of amides is 1. The van der Waals surface area contributed by atoms with Gasteiger partial charge in [0.05, 0.1) is 17.4 Å². The van der Waals surface area contributed by atoms with Crippen LogP contribution in [0.4, 0.5) is 5.69 Å². The first kappa shape index (κ1) is 15.5. The van der Waals surface area contributed by atoms with Gasteiger partial charge in [0.25, 0.3) is 0 Å². The first-order chi connectivity index (χ1) is 11.0. The van der Waals surface area contributed by atoms with Crippen molar-refractivity contribution in [3.63, 3.8) is 0 Å². The van der Waals surface area contributed by atoms with Crippen molar-refractivity contribution in [1.82, 2.24) is 4.98 Å². The summed E-state index contributed by atoms with van der Waals surface area (Å²) in [6.45, 7) is 0. The van der Waals surface area contributed by atoms with Crippen molar-refractivity contribution in [3.05, 3.63) is 48.8 Å². The van der Waals surface area contributed by atoms with E-state index in [1.165, 1.54) is 0 Å². The van der Waals surface area contributed by atoms with E-state index in [-0.39, 0.29) is 17.4 Å². The van der Waals surface area contributed by atoms with Gasteiger partial charge in [0.2, 0.25) is 5.91 Å². The summed E-state index contributed by atoms with van der Waals surface area (Å²) in [5.41, 5.74) is 0.575. The predicted octanol–water partition coefficient (Wildman–Crippen LogP) is 2.25. The third kappa shape index (κ3) is 4.07. The molecule has 23 heavy (non-hydrogen) atoms. The normalized spacial score (nSPS) is 19.2. The molecule has 7 heteroatoms. The molecular formula is C16H16N2O4S. The van der Waals surface area contributed by atoms with Crippen LogP contribution in [0.2, 0.25) is 0 Å². The molecule has 2 aromatic rings. The highest BCUT2D eigenvalue weighted by Gasteiger charge is 2.32. The minimum Gasteiger partial charge on any atom is -0.457 e. The molecule has 0 saturated carbocycles. The Kier molecular flexibility index (Phi) is 4.29. The predicted molar refractivity (Wildman–Crippen MR) is 86.1 cm³/mol. The van der Waals surface area contributed by atoms with Gasteiger partial charge in [-0.05, 0) is 30.7 Å². The molecule has 1 aromatic heterocycles. The van der Waals surface area contributed by atoms with Crippen LogP contribution in [0.15, 0.2) is 48.8 Å². The minimum atomic E-state index is -3.07. The Balaban J connectivity index is 1.67. The van der Waals surface area contributed by atoms with Crippen molar-refractivity contribution in [2.75, 3.05) is 16.8 Å². The average molecular weight is 332 g/mol. The lowest BCUT2D eigenvalue weighted by molar-refractivity contribution is -0.119. The number of benzene rings is 1. The molecule has 0 spiro atoms. The van der Waals surface area contributed by atoms with E-state index in [2.05, 4.69) is 10.3 Å². The monoisotopic (exact) mass is 332 g/mol. The van der Waals surface area contributed by atoms with Crippen molar-refractivity contribution in [3.8, 4) is 11.5 Å². The molecule has 1 aromatic carbocycles. The summed E-state index contributed by atoms with van der Waals surface area (Å²) in [6.07, 6.45) is 3.63. The van der Waals surface area contributed by atoms with E-state index in [1.54, 1.807) is 48.8 Å². The third-order valence-corrected chi connectivity index (χ3v) is 5.36. The lowest BCUT2D eigenvalue weighted by Gasteiger charge is -2.11. The highest BCUT2D eigenvalue weighted by atomic mass is 32.2. The Morgan fingerprint density at radius 3 is 2.65 bits per heavy atom. The first-order valence-electron chi connectivity index (χ1n) is 7.21. The highest BCUT2D eigenvalue weighted by molar-refractivity contribution is 7.91. The SMILES string of the molecule is O=C(Nc1cccc(Oc2ccncc2)c1)C1CCS(=O)(=O)C1. The molecule has 1 saturated heterocycles. The Morgan fingerprint density at radius 1 is 1.17 bits per heavy atom. The molecule has 120 valence electrons. The third-order valence-electron chi connectivity index (χ3n) is 3.59. The van der Waals surface area contributed by atoms with Gasteiger partial charge in [0.15, 0.2) is 9.84 Å². The number of nitrogens with zero attached hydrogens (tertiary/aromatic N) is 1. The van der Waals surface area contributed by atoms with Crippen LogP contribution in [-0.2, 0) is 14.6 Å². The van der Waals surface area contributed by atoms with Crippen LogP contribution in [0.1, 0.15) is 6.42 Å². The largest absolute Gasteiger partial charge is 0.457 e. The van der Waals surface area contributed by atoms with E-state index in [9.17, 15) is 13.2 Å². The molecular weight excluding hydrogens is 316 g/mol. The Hall–Kier alpha value is -2.41. The maximum absolute atomic E-state index is 12.1. The summed E-state index contributed by atoms with van der Waals surface area (Å²) in [7, 11) is -3.07. The summed E-state index contributed by atoms with van der Waals surface area (Å²) in [5, 5.41) is 2.75. The Labute approximate surface area is 134 Å². The zero-order valence-corrected chi connectivity index (χ0v) is 13.1. The molecule has 1 fully saturated rings. The summed E-state index contributed by atoms with van der Waals surface area (Å²) in [5.74, 6) is 0.470. The molecule has 6 nitrogen and oxygen atoms in total. The molecule has 0 aliphatic carbocycles. The molecule has 1 atom stereocenters. The lowest BCUT2D eigenvalue weighted by Crippen LogP contribution is -2.23. The van der Waals surface area contributed by atoms with Crippen molar-refractivity contribution >= 4 is 21.4 Å². The fourth-order valence-corrected chi connectivity index (χ4v) is 4.17. The van der Waals surface area contributed by atoms with Crippen LogP contribution in [0.25, 0.3) is 0 Å². The second kappa shape index (κ2) is 6.37. The van der Waals surface area contributed by atoms with Gasteiger partial charge in [0, 0.05) is 24.1 Å². The number of hydrogen-bond acceptors (Lipinski definition) is 5. The number of aromatic nitrogens is 1. The van der Waals surface area contributed by atoms with Gasteiger partial charge in [-0.15, -0.1) is 0 Å². The second-order valence-corrected chi connectivity index (χ2v) is 7.63. The molecule has 3 rings (SSSR count). The molecule has 0 bridgehead atoms. The number of ether oxygens (including phenoxy) is 1. The van der Waals surface area contributed by atoms with Crippen LogP contribution < -0.4 is 10.1 Å². The smallest absolute Gasteiger partial charge is 0.228 e. The van der Waals surface area contributed by atoms with Gasteiger partial charge in [0.1, 0.15) is 11.5 Å². The summed E-state index contributed by atoms with van der Waals surface area (Å²) < 4.78 is 28.6. The fourth-order valence-electron chi connectivity index (χ4n) is 2.43. The quantitative estimate of drug-likeness (QED) is 0.928. The number of carbonyl (C=O) groups excluding carboxylic acids is 1. The zero-order valence-electron chi connectivity index (χ0n) is 12.3. The maximum atomic E-state index is 12.1. The fraction of sp³-hybridized carbons (Fsp3) is 0.250. The van der Waals surface area contributed by atoms with Crippen molar-refractivity contribution in [1.29, 1.82) is 0 Å². The van der Waals surface area contributed by atoms with Gasteiger partial charge < -0.3 is 10.1 Å². The summed E-state index contributed by atoms with van der Waals surface area (Å²) in [4.78, 5) is 16.1. The lowest BCUT2D eigenvalue weighted by atomic mass is 10.1. The van der Waals surface area contributed by atoms with Crippen LogP contribution >= 0.6 is 0 Å². The van der Waals surface area contributed by atoms with E-state index in [1.807, 2.05) is 0 Å². The van der Waals surface area contributed by atoms with Gasteiger partial charge >= 0.3 is 0 Å². The molecule has 1 amide bonds. The number of nitrogens with one attached hydrogen (secondary N) is 1. The number of pyridine rings is 1. The molecule has 0 radical (unpaired) electrons.